The number of nitrogens with one attached hydrogen (secondary N) is 2. The van der Waals surface area contributed by atoms with Gasteiger partial charge in [-0.1, -0.05) is 0 Å². The molecule has 10 N–H and O–H groups in total. The Morgan fingerprint density at radius 1 is 0.636 bits per heavy atom. The van der Waals surface area contributed by atoms with Crippen LogP contribution < -0.4 is 22.1 Å². The van der Waals surface area contributed by atoms with Crippen molar-refractivity contribution in [3.05, 3.63) is 23.2 Å². The average molecular weight is 650 g/mol. The molecule has 3 saturated carbocycles. The number of aliphatic hydroxyl groups is 4. The molecule has 4 aromatic heterocycles. The van der Waals surface area contributed by atoms with Gasteiger partial charge in [-0.3, -0.25) is 0 Å². The molecule has 3 aliphatic carbocycles. The van der Waals surface area contributed by atoms with Crippen LogP contribution in [0.2, 0.25) is 10.6 Å². The first-order valence-electron chi connectivity index (χ1n) is 14.7. The first-order valence-corrected chi connectivity index (χ1v) is 15.4. The third-order valence-corrected chi connectivity index (χ3v) is 9.64. The van der Waals surface area contributed by atoms with E-state index in [0.29, 0.717) is 46.8 Å². The van der Waals surface area contributed by atoms with Crippen LogP contribution in [0.1, 0.15) is 50.6 Å². The van der Waals surface area contributed by atoms with Gasteiger partial charge in [0.1, 0.15) is 12.2 Å². The molecule has 4 heterocycles. The molecule has 8 atom stereocenters. The number of imidazole rings is 2. The van der Waals surface area contributed by atoms with E-state index in [1.54, 1.807) is 21.8 Å². The second-order valence-electron chi connectivity index (χ2n) is 12.1. The Balaban J connectivity index is 1.04. The Labute approximate surface area is 260 Å². The van der Waals surface area contributed by atoms with Gasteiger partial charge in [0, 0.05) is 24.2 Å². The van der Waals surface area contributed by atoms with Crippen molar-refractivity contribution in [3.63, 3.8) is 0 Å². The Morgan fingerprint density at radius 3 is 1.36 bits per heavy atom. The molecule has 4 aromatic rings. The van der Waals surface area contributed by atoms with Crippen molar-refractivity contribution in [1.82, 2.24) is 39.0 Å². The summed E-state index contributed by atoms with van der Waals surface area (Å²) in [6.45, 7) is 0. The zero-order valence-electron chi connectivity index (χ0n) is 23.4. The van der Waals surface area contributed by atoms with Crippen molar-refractivity contribution >= 4 is 57.2 Å². The van der Waals surface area contributed by atoms with E-state index in [4.69, 9.17) is 34.7 Å². The quantitative estimate of drug-likeness (QED) is 0.129. The molecule has 16 nitrogen and oxygen atoms in total. The molecule has 0 unspecified atom stereocenters. The third-order valence-electron chi connectivity index (χ3n) is 9.30. The summed E-state index contributed by atoms with van der Waals surface area (Å²) >= 11 is 12.6. The topological polar surface area (TPSA) is 244 Å². The van der Waals surface area contributed by atoms with Crippen molar-refractivity contribution in [2.75, 3.05) is 10.6 Å². The molecule has 236 valence electrons. The molecule has 0 radical (unpaired) electrons. The van der Waals surface area contributed by atoms with Gasteiger partial charge in [-0.25, -0.2) is 9.97 Å². The van der Waals surface area contributed by atoms with Gasteiger partial charge in [-0.2, -0.15) is 19.9 Å². The number of fused-ring (bicyclic) bond motifs is 2. The molecule has 0 saturated heterocycles. The maximum Gasteiger partial charge on any atom is 0.226 e. The van der Waals surface area contributed by atoms with E-state index in [1.807, 2.05) is 0 Å². The minimum Gasteiger partial charge on any atom is -0.389 e. The van der Waals surface area contributed by atoms with Gasteiger partial charge >= 0.3 is 0 Å². The van der Waals surface area contributed by atoms with Crippen molar-refractivity contribution in [1.29, 1.82) is 0 Å². The summed E-state index contributed by atoms with van der Waals surface area (Å²) in [7, 11) is 0. The fraction of sp³-hybridized carbons (Fsp3) is 0.615. The van der Waals surface area contributed by atoms with Crippen molar-refractivity contribution in [2.24, 2.45) is 11.5 Å². The van der Waals surface area contributed by atoms with E-state index in [2.05, 4.69) is 40.5 Å². The zero-order chi connectivity index (χ0) is 30.9. The Bertz CT molecular complexity index is 1560. The molecule has 44 heavy (non-hydrogen) atoms. The minimum atomic E-state index is -1.05. The molecule has 0 spiro atoms. The molecular formula is C26H34Cl2N12O4. The highest BCUT2D eigenvalue weighted by molar-refractivity contribution is 6.29. The van der Waals surface area contributed by atoms with Gasteiger partial charge < -0.3 is 51.7 Å². The molecule has 18 heteroatoms. The fourth-order valence-corrected chi connectivity index (χ4v) is 7.20. The summed E-state index contributed by atoms with van der Waals surface area (Å²) in [4.78, 5) is 26.5. The van der Waals surface area contributed by atoms with E-state index < -0.39 is 48.6 Å². The van der Waals surface area contributed by atoms with Crippen molar-refractivity contribution in [3.8, 4) is 0 Å². The summed E-state index contributed by atoms with van der Waals surface area (Å²) < 4.78 is 3.41. The number of hydrogen-bond acceptors (Lipinski definition) is 14. The number of aromatic nitrogens is 8. The maximum atomic E-state index is 10.5. The first kappa shape index (κ1) is 29.7. The summed E-state index contributed by atoms with van der Waals surface area (Å²) in [6, 6.07) is -1.88. The highest BCUT2D eigenvalue weighted by Gasteiger charge is 2.42. The van der Waals surface area contributed by atoms with Crippen molar-refractivity contribution in [2.45, 2.75) is 99.2 Å². The number of anilines is 2. The molecular weight excluding hydrogens is 615 g/mol. The van der Waals surface area contributed by atoms with Gasteiger partial charge in [-0.15, -0.1) is 0 Å². The second kappa shape index (κ2) is 11.4. The maximum absolute atomic E-state index is 10.5. The van der Waals surface area contributed by atoms with Crippen LogP contribution in [0.5, 0.6) is 0 Å². The normalized spacial score (nSPS) is 34.3. The summed E-state index contributed by atoms with van der Waals surface area (Å²) in [6.07, 6.45) is 2.97. The Kier molecular flexibility index (Phi) is 7.73. The van der Waals surface area contributed by atoms with E-state index in [-0.39, 0.29) is 22.7 Å². The van der Waals surface area contributed by atoms with Gasteiger partial charge in [0.05, 0.1) is 36.9 Å². The minimum absolute atomic E-state index is 0.0418. The monoisotopic (exact) mass is 648 g/mol. The molecule has 0 aromatic carbocycles. The summed E-state index contributed by atoms with van der Waals surface area (Å²) in [5, 5.41) is 48.4. The van der Waals surface area contributed by atoms with Gasteiger partial charge in [0.2, 0.25) is 10.6 Å². The first-order chi connectivity index (χ1) is 21.1. The molecule has 3 fully saturated rings. The van der Waals surface area contributed by atoms with Crippen LogP contribution in [0.25, 0.3) is 22.3 Å². The molecule has 7 rings (SSSR count). The zero-order valence-corrected chi connectivity index (χ0v) is 25.0. The molecule has 3 aliphatic rings. The van der Waals surface area contributed by atoms with Gasteiger partial charge in [0.15, 0.2) is 34.0 Å². The van der Waals surface area contributed by atoms with Crippen LogP contribution in [-0.4, -0.2) is 108 Å². The predicted octanol–water partition coefficient (Wildman–Crippen LogP) is 0.0958. The number of aliphatic hydroxyl groups excluding tert-OH is 4. The lowest BCUT2D eigenvalue weighted by molar-refractivity contribution is 0.0187. The number of rotatable bonds is 6. The second-order valence-corrected chi connectivity index (χ2v) is 12.7. The summed E-state index contributed by atoms with van der Waals surface area (Å²) in [5.74, 6) is 1.00. The van der Waals surface area contributed by atoms with E-state index in [1.165, 1.54) is 0 Å². The van der Waals surface area contributed by atoms with Crippen LogP contribution in [-0.2, 0) is 0 Å². The highest BCUT2D eigenvalue weighted by Crippen LogP contribution is 2.36. The lowest BCUT2D eigenvalue weighted by Crippen LogP contribution is -2.35. The standard InChI is InChI=1S/C26H34Cl2N12O4/c27-25-35-21(15-23(37-25)39(7-31-15)13-5-11(29)17(41)19(13)43)33-9-1-2-10(4-3-9)34-22-16-24(38-26(28)36-22)40(8-32-16)14-6-12(30)18(42)20(14)44/h7-14,17-20,41-44H,1-6,29-30H2,(H,33,35,37)(H,34,36,38)/t9?,10?,11-,12-,13+,14+,17+,18+,19-,20-/m0/s1. The third kappa shape index (κ3) is 5.12. The Hall–Kier alpha value is -2.96. The molecule has 0 bridgehead atoms. The number of nitrogens with two attached hydrogens (primary N) is 2. The van der Waals surface area contributed by atoms with Crippen LogP contribution in [0.15, 0.2) is 12.7 Å². The number of nitrogens with zero attached hydrogens (tertiary/aromatic N) is 8. The lowest BCUT2D eigenvalue weighted by Gasteiger charge is -2.30. The average Bonchev–Trinajstić information content (AvgIpc) is 3.73. The largest absolute Gasteiger partial charge is 0.389 e. The van der Waals surface area contributed by atoms with Gasteiger partial charge in [-0.05, 0) is 61.7 Å². The number of halogens is 2. The molecule has 0 amide bonds. The van der Waals surface area contributed by atoms with Gasteiger partial charge in [0.25, 0.3) is 0 Å². The van der Waals surface area contributed by atoms with Crippen molar-refractivity contribution < 1.29 is 20.4 Å². The lowest BCUT2D eigenvalue weighted by atomic mass is 9.91. The van der Waals surface area contributed by atoms with Crippen LogP contribution in [0, 0.1) is 0 Å². The molecule has 0 aliphatic heterocycles. The number of hydrogen-bond donors (Lipinski definition) is 8. The van der Waals surface area contributed by atoms with E-state index in [0.717, 1.165) is 25.7 Å². The van der Waals surface area contributed by atoms with Crippen LogP contribution in [0.3, 0.4) is 0 Å². The van der Waals surface area contributed by atoms with Crippen LogP contribution in [0.4, 0.5) is 11.6 Å². The van der Waals surface area contributed by atoms with Crippen LogP contribution >= 0.6 is 23.2 Å². The smallest absolute Gasteiger partial charge is 0.226 e. The highest BCUT2D eigenvalue weighted by atomic mass is 35.5. The Morgan fingerprint density at radius 2 is 1.02 bits per heavy atom. The SMILES string of the molecule is N[C@H]1C[C@@H](n2cnc3c(NC4CCC(Nc5nc(Cl)nc6c5ncn6[C@@H]5C[C@H](N)[C@@H](O)[C@H]5O)CC4)nc(Cl)nc32)[C@H](O)[C@@H]1O. The summed E-state index contributed by atoms with van der Waals surface area (Å²) in [5.41, 5.74) is 13.9. The van der Waals surface area contributed by atoms with E-state index >= 15 is 0 Å². The fourth-order valence-electron chi connectivity index (χ4n) is 6.87. The predicted molar refractivity (Wildman–Crippen MR) is 161 cm³/mol. The van der Waals surface area contributed by atoms with E-state index in [9.17, 15) is 20.4 Å².